The van der Waals surface area contributed by atoms with Gasteiger partial charge in [-0.3, -0.25) is 4.90 Å². The molecular formula is C13H22N2OS. The van der Waals surface area contributed by atoms with E-state index in [0.29, 0.717) is 24.8 Å². The summed E-state index contributed by atoms with van der Waals surface area (Å²) in [5.41, 5.74) is 7.34. The van der Waals surface area contributed by atoms with E-state index in [4.69, 9.17) is 10.5 Å². The number of morpholine rings is 1. The summed E-state index contributed by atoms with van der Waals surface area (Å²) < 4.78 is 5.78. The van der Waals surface area contributed by atoms with Crippen molar-refractivity contribution in [1.82, 2.24) is 4.90 Å². The molecule has 1 aromatic heterocycles. The zero-order valence-corrected chi connectivity index (χ0v) is 11.7. The Balaban J connectivity index is 2.15. The van der Waals surface area contributed by atoms with Gasteiger partial charge in [0.1, 0.15) is 0 Å². The molecule has 3 unspecified atom stereocenters. The van der Waals surface area contributed by atoms with Crippen molar-refractivity contribution in [3.05, 3.63) is 21.9 Å². The summed E-state index contributed by atoms with van der Waals surface area (Å²) in [4.78, 5) is 3.88. The van der Waals surface area contributed by atoms with Gasteiger partial charge in [0.25, 0.3) is 0 Å². The molecule has 3 atom stereocenters. The van der Waals surface area contributed by atoms with Gasteiger partial charge in [-0.15, -0.1) is 11.3 Å². The van der Waals surface area contributed by atoms with Crippen LogP contribution in [-0.2, 0) is 4.74 Å². The van der Waals surface area contributed by atoms with Crippen molar-refractivity contribution < 1.29 is 4.74 Å². The lowest BCUT2D eigenvalue weighted by atomic mass is 10.1. The van der Waals surface area contributed by atoms with E-state index in [1.165, 1.54) is 10.4 Å². The van der Waals surface area contributed by atoms with Gasteiger partial charge >= 0.3 is 0 Å². The van der Waals surface area contributed by atoms with Crippen LogP contribution in [0.15, 0.2) is 11.4 Å². The van der Waals surface area contributed by atoms with Gasteiger partial charge in [-0.25, -0.2) is 0 Å². The fourth-order valence-corrected chi connectivity index (χ4v) is 3.69. The standard InChI is InChI=1S/C13H22N2OS/c1-9-4-5-17-13(9)12(6-14)15-7-10(2)16-11(3)8-15/h4-5,10-12H,6-8,14H2,1-3H3. The minimum absolute atomic E-state index is 0.299. The van der Waals surface area contributed by atoms with Crippen molar-refractivity contribution in [1.29, 1.82) is 0 Å². The van der Waals surface area contributed by atoms with Crippen molar-refractivity contribution in [3.8, 4) is 0 Å². The van der Waals surface area contributed by atoms with Crippen molar-refractivity contribution >= 4 is 11.3 Å². The van der Waals surface area contributed by atoms with E-state index in [-0.39, 0.29) is 0 Å². The van der Waals surface area contributed by atoms with Crippen LogP contribution in [0.5, 0.6) is 0 Å². The molecular weight excluding hydrogens is 232 g/mol. The average molecular weight is 254 g/mol. The first-order valence-electron chi connectivity index (χ1n) is 6.25. The molecule has 4 heteroatoms. The molecule has 0 aromatic carbocycles. The lowest BCUT2D eigenvalue weighted by molar-refractivity contribution is -0.0796. The number of hydrogen-bond acceptors (Lipinski definition) is 4. The predicted octanol–water partition coefficient (Wildman–Crippen LogP) is 2.17. The van der Waals surface area contributed by atoms with Gasteiger partial charge in [0.05, 0.1) is 18.2 Å². The molecule has 1 aliphatic heterocycles. The Morgan fingerprint density at radius 1 is 1.47 bits per heavy atom. The van der Waals surface area contributed by atoms with E-state index in [1.807, 2.05) is 11.3 Å². The number of aryl methyl sites for hydroxylation is 1. The van der Waals surface area contributed by atoms with E-state index in [0.717, 1.165) is 13.1 Å². The highest BCUT2D eigenvalue weighted by Gasteiger charge is 2.29. The third kappa shape index (κ3) is 2.88. The summed E-state index contributed by atoms with van der Waals surface area (Å²) in [7, 11) is 0. The largest absolute Gasteiger partial charge is 0.373 e. The normalized spacial score (nSPS) is 28.2. The fraction of sp³-hybridized carbons (Fsp3) is 0.692. The van der Waals surface area contributed by atoms with Gasteiger partial charge in [-0.05, 0) is 37.8 Å². The Labute approximate surface area is 108 Å². The van der Waals surface area contributed by atoms with Crippen LogP contribution in [0.4, 0.5) is 0 Å². The maximum Gasteiger partial charge on any atom is 0.0678 e. The minimum atomic E-state index is 0.299. The number of ether oxygens (including phenoxy) is 1. The van der Waals surface area contributed by atoms with Crippen LogP contribution < -0.4 is 5.73 Å². The Bertz CT molecular complexity index is 356. The molecule has 2 heterocycles. The second kappa shape index (κ2) is 5.48. The van der Waals surface area contributed by atoms with Gasteiger partial charge in [0, 0.05) is 24.5 Å². The highest BCUT2D eigenvalue weighted by molar-refractivity contribution is 7.10. The van der Waals surface area contributed by atoms with Crippen LogP contribution in [0.2, 0.25) is 0 Å². The van der Waals surface area contributed by atoms with Crippen molar-refractivity contribution in [3.63, 3.8) is 0 Å². The topological polar surface area (TPSA) is 38.5 Å². The first-order chi connectivity index (χ1) is 8.11. The van der Waals surface area contributed by atoms with Gasteiger partial charge in [0.15, 0.2) is 0 Å². The van der Waals surface area contributed by atoms with Crippen LogP contribution in [0, 0.1) is 6.92 Å². The number of nitrogens with zero attached hydrogens (tertiary/aromatic N) is 1. The van der Waals surface area contributed by atoms with Crippen LogP contribution in [-0.4, -0.2) is 36.7 Å². The lowest BCUT2D eigenvalue weighted by Gasteiger charge is -2.39. The first-order valence-corrected chi connectivity index (χ1v) is 7.13. The molecule has 1 aromatic rings. The number of rotatable bonds is 3. The molecule has 0 radical (unpaired) electrons. The molecule has 0 amide bonds. The zero-order chi connectivity index (χ0) is 12.4. The number of hydrogen-bond donors (Lipinski definition) is 1. The summed E-state index contributed by atoms with van der Waals surface area (Å²) in [6.07, 6.45) is 0.598. The maximum absolute atomic E-state index is 5.98. The lowest BCUT2D eigenvalue weighted by Crippen LogP contribution is -2.48. The van der Waals surface area contributed by atoms with E-state index in [1.54, 1.807) is 0 Å². The number of nitrogens with two attached hydrogens (primary N) is 1. The summed E-state index contributed by atoms with van der Waals surface area (Å²) in [5.74, 6) is 0. The summed E-state index contributed by atoms with van der Waals surface area (Å²) in [6, 6.07) is 2.53. The highest BCUT2D eigenvalue weighted by Crippen LogP contribution is 2.30. The van der Waals surface area contributed by atoms with Crippen molar-refractivity contribution in [2.75, 3.05) is 19.6 Å². The van der Waals surface area contributed by atoms with Crippen LogP contribution >= 0.6 is 11.3 Å². The highest BCUT2D eigenvalue weighted by atomic mass is 32.1. The molecule has 1 saturated heterocycles. The van der Waals surface area contributed by atoms with Crippen LogP contribution in [0.1, 0.15) is 30.3 Å². The fourth-order valence-electron chi connectivity index (χ4n) is 2.62. The molecule has 0 spiro atoms. The Hall–Kier alpha value is -0.420. The van der Waals surface area contributed by atoms with E-state index in [9.17, 15) is 0 Å². The molecule has 96 valence electrons. The van der Waals surface area contributed by atoms with Crippen molar-refractivity contribution in [2.45, 2.75) is 39.0 Å². The quantitative estimate of drug-likeness (QED) is 0.898. The molecule has 3 nitrogen and oxygen atoms in total. The third-order valence-electron chi connectivity index (χ3n) is 3.32. The summed E-state index contributed by atoms with van der Waals surface area (Å²) in [6.45, 7) is 9.07. The molecule has 1 aliphatic rings. The molecule has 0 saturated carbocycles. The SMILES string of the molecule is Cc1ccsc1C(CN)N1CC(C)OC(C)C1. The molecule has 2 rings (SSSR count). The van der Waals surface area contributed by atoms with Crippen LogP contribution in [0.25, 0.3) is 0 Å². The monoisotopic (exact) mass is 254 g/mol. The molecule has 0 bridgehead atoms. The number of thiophene rings is 1. The minimum Gasteiger partial charge on any atom is -0.373 e. The first kappa shape index (κ1) is 13.0. The van der Waals surface area contributed by atoms with Crippen molar-refractivity contribution in [2.24, 2.45) is 5.73 Å². The smallest absolute Gasteiger partial charge is 0.0678 e. The van der Waals surface area contributed by atoms with Gasteiger partial charge in [-0.2, -0.15) is 0 Å². The summed E-state index contributed by atoms with van der Waals surface area (Å²) in [5, 5.41) is 2.15. The average Bonchev–Trinajstić information content (AvgIpc) is 2.65. The zero-order valence-electron chi connectivity index (χ0n) is 10.8. The van der Waals surface area contributed by atoms with Crippen LogP contribution in [0.3, 0.4) is 0 Å². The summed E-state index contributed by atoms with van der Waals surface area (Å²) >= 11 is 1.82. The second-order valence-corrected chi connectivity index (χ2v) is 5.88. The predicted molar refractivity (Wildman–Crippen MR) is 72.4 cm³/mol. The Morgan fingerprint density at radius 2 is 2.12 bits per heavy atom. The van der Waals surface area contributed by atoms with E-state index in [2.05, 4.69) is 37.1 Å². The molecule has 1 fully saturated rings. The Morgan fingerprint density at radius 3 is 2.59 bits per heavy atom. The van der Waals surface area contributed by atoms with Gasteiger partial charge in [-0.1, -0.05) is 0 Å². The van der Waals surface area contributed by atoms with E-state index < -0.39 is 0 Å². The molecule has 2 N–H and O–H groups in total. The molecule has 0 aliphatic carbocycles. The molecule has 17 heavy (non-hydrogen) atoms. The van der Waals surface area contributed by atoms with Gasteiger partial charge in [0.2, 0.25) is 0 Å². The second-order valence-electron chi connectivity index (χ2n) is 4.93. The van der Waals surface area contributed by atoms with E-state index >= 15 is 0 Å². The third-order valence-corrected chi connectivity index (χ3v) is 4.44. The Kier molecular flexibility index (Phi) is 4.20. The maximum atomic E-state index is 5.98. The van der Waals surface area contributed by atoms with Gasteiger partial charge < -0.3 is 10.5 Å².